The maximum Gasteiger partial charge on any atom is 0.246 e. The molecule has 23 heavy (non-hydrogen) atoms. The number of piperidine rings is 1. The molecule has 0 bridgehead atoms. The molecular weight excluding hydrogens is 300 g/mol. The first-order chi connectivity index (χ1) is 11.1. The van der Waals surface area contributed by atoms with Crippen molar-refractivity contribution in [2.24, 2.45) is 11.0 Å². The summed E-state index contributed by atoms with van der Waals surface area (Å²) in [7, 11) is 0. The Morgan fingerprint density at radius 1 is 1.22 bits per heavy atom. The van der Waals surface area contributed by atoms with E-state index in [0.29, 0.717) is 12.0 Å². The van der Waals surface area contributed by atoms with E-state index in [-0.39, 0.29) is 11.8 Å². The van der Waals surface area contributed by atoms with Gasteiger partial charge in [0.15, 0.2) is 0 Å². The van der Waals surface area contributed by atoms with Crippen molar-refractivity contribution >= 4 is 12.1 Å². The number of carbonyl (C=O) groups is 1. The van der Waals surface area contributed by atoms with Crippen LogP contribution in [0.3, 0.4) is 0 Å². The van der Waals surface area contributed by atoms with Gasteiger partial charge in [0.05, 0.1) is 6.04 Å². The van der Waals surface area contributed by atoms with E-state index in [1.807, 2.05) is 0 Å². The number of hydrogen-bond donors (Lipinski definition) is 0. The number of hydrazone groups is 1. The zero-order valence-electron chi connectivity index (χ0n) is 13.2. The third kappa shape index (κ3) is 3.42. The molecule has 2 aliphatic rings. The molecule has 2 heterocycles. The number of carbonyl (C=O) groups excluding carboxylic acids is 1. The summed E-state index contributed by atoms with van der Waals surface area (Å²) in [6.45, 7) is 4.92. The molecular formula is C17H21F2N3O. The highest BCUT2D eigenvalue weighted by molar-refractivity contribution is 5.82. The van der Waals surface area contributed by atoms with Gasteiger partial charge in [-0.25, -0.2) is 13.8 Å². The Hall–Kier alpha value is -1.82. The SMILES string of the molecule is CCN1CCC(C(=O)N2N=CCC2c2cc(F)cc(F)c2)CC1. The molecule has 0 radical (unpaired) electrons. The van der Waals surface area contributed by atoms with Crippen LogP contribution in [0.5, 0.6) is 0 Å². The first-order valence-electron chi connectivity index (χ1n) is 8.12. The number of benzene rings is 1. The smallest absolute Gasteiger partial charge is 0.246 e. The minimum absolute atomic E-state index is 0.0378. The number of halogens is 2. The molecule has 1 aromatic rings. The number of amides is 1. The molecule has 1 atom stereocenters. The van der Waals surface area contributed by atoms with Crippen LogP contribution >= 0.6 is 0 Å². The van der Waals surface area contributed by atoms with Crippen molar-refractivity contribution in [3.05, 3.63) is 35.4 Å². The molecule has 0 aromatic heterocycles. The van der Waals surface area contributed by atoms with Gasteiger partial charge in [-0.1, -0.05) is 6.92 Å². The molecule has 2 aliphatic heterocycles. The van der Waals surface area contributed by atoms with E-state index in [1.165, 1.54) is 17.1 Å². The highest BCUT2D eigenvalue weighted by Crippen LogP contribution is 2.32. The van der Waals surface area contributed by atoms with Crippen LogP contribution in [0, 0.1) is 17.6 Å². The second-order valence-electron chi connectivity index (χ2n) is 6.14. The van der Waals surface area contributed by atoms with Gasteiger partial charge in [-0.3, -0.25) is 4.79 Å². The third-order valence-electron chi connectivity index (χ3n) is 4.71. The van der Waals surface area contributed by atoms with Crippen molar-refractivity contribution in [2.75, 3.05) is 19.6 Å². The van der Waals surface area contributed by atoms with E-state index in [9.17, 15) is 13.6 Å². The maximum atomic E-state index is 13.5. The van der Waals surface area contributed by atoms with Crippen molar-refractivity contribution in [2.45, 2.75) is 32.2 Å². The van der Waals surface area contributed by atoms with Crippen LogP contribution < -0.4 is 0 Å². The van der Waals surface area contributed by atoms with Gasteiger partial charge in [0, 0.05) is 24.6 Å². The highest BCUT2D eigenvalue weighted by atomic mass is 19.1. The predicted octanol–water partition coefficient (Wildman–Crippen LogP) is 2.96. The molecule has 124 valence electrons. The van der Waals surface area contributed by atoms with Gasteiger partial charge in [-0.2, -0.15) is 5.10 Å². The van der Waals surface area contributed by atoms with Crippen molar-refractivity contribution in [3.8, 4) is 0 Å². The number of hydrogen-bond acceptors (Lipinski definition) is 3. The Bertz CT molecular complexity index is 592. The highest BCUT2D eigenvalue weighted by Gasteiger charge is 2.34. The van der Waals surface area contributed by atoms with E-state index >= 15 is 0 Å². The fourth-order valence-corrected chi connectivity index (χ4v) is 3.35. The molecule has 1 amide bonds. The van der Waals surface area contributed by atoms with E-state index in [2.05, 4.69) is 16.9 Å². The van der Waals surface area contributed by atoms with Crippen LogP contribution in [0.2, 0.25) is 0 Å². The second-order valence-corrected chi connectivity index (χ2v) is 6.14. The van der Waals surface area contributed by atoms with E-state index < -0.39 is 17.7 Å². The topological polar surface area (TPSA) is 35.9 Å². The molecule has 1 aromatic carbocycles. The monoisotopic (exact) mass is 321 g/mol. The van der Waals surface area contributed by atoms with Crippen LogP contribution in [-0.2, 0) is 4.79 Å². The van der Waals surface area contributed by atoms with Crippen LogP contribution in [0.1, 0.15) is 37.8 Å². The lowest BCUT2D eigenvalue weighted by Gasteiger charge is -2.33. The fraction of sp³-hybridized carbons (Fsp3) is 0.529. The quantitative estimate of drug-likeness (QED) is 0.858. The minimum Gasteiger partial charge on any atom is -0.304 e. The lowest BCUT2D eigenvalue weighted by Crippen LogP contribution is -2.41. The second kappa shape index (κ2) is 6.74. The molecule has 1 unspecified atom stereocenters. The summed E-state index contributed by atoms with van der Waals surface area (Å²) in [6.07, 6.45) is 3.75. The fourth-order valence-electron chi connectivity index (χ4n) is 3.35. The van der Waals surface area contributed by atoms with E-state index in [4.69, 9.17) is 0 Å². The minimum atomic E-state index is -0.629. The van der Waals surface area contributed by atoms with Crippen LogP contribution in [0.25, 0.3) is 0 Å². The molecule has 1 fully saturated rings. The summed E-state index contributed by atoms with van der Waals surface area (Å²) in [5, 5.41) is 5.58. The van der Waals surface area contributed by atoms with E-state index in [1.54, 1.807) is 6.21 Å². The van der Waals surface area contributed by atoms with Crippen molar-refractivity contribution in [1.29, 1.82) is 0 Å². The summed E-state index contributed by atoms with van der Waals surface area (Å²) in [5.41, 5.74) is 0.458. The van der Waals surface area contributed by atoms with Crippen LogP contribution in [-0.4, -0.2) is 41.7 Å². The zero-order chi connectivity index (χ0) is 16.4. The molecule has 0 spiro atoms. The Labute approximate surface area is 134 Å². The molecule has 6 heteroatoms. The molecule has 0 N–H and O–H groups in total. The average molecular weight is 321 g/mol. The first kappa shape index (κ1) is 16.1. The Kier molecular flexibility index (Phi) is 4.71. The van der Waals surface area contributed by atoms with Gasteiger partial charge in [-0.15, -0.1) is 0 Å². The zero-order valence-corrected chi connectivity index (χ0v) is 13.2. The Morgan fingerprint density at radius 2 is 1.87 bits per heavy atom. The predicted molar refractivity (Wildman–Crippen MR) is 83.9 cm³/mol. The summed E-state index contributed by atoms with van der Waals surface area (Å²) < 4.78 is 26.9. The van der Waals surface area contributed by atoms with Gasteiger partial charge < -0.3 is 4.90 Å². The summed E-state index contributed by atoms with van der Waals surface area (Å²) in [6, 6.07) is 2.99. The molecule has 4 nitrogen and oxygen atoms in total. The molecule has 0 aliphatic carbocycles. The Balaban J connectivity index is 1.73. The largest absolute Gasteiger partial charge is 0.304 e. The van der Waals surface area contributed by atoms with Gasteiger partial charge in [0.2, 0.25) is 5.91 Å². The first-order valence-corrected chi connectivity index (χ1v) is 8.12. The standard InChI is InChI=1S/C17H21F2N3O/c1-2-21-7-4-12(5-8-21)17(23)22-16(3-6-20-22)13-9-14(18)11-15(19)10-13/h6,9-12,16H,2-5,7-8H2,1H3. The normalized spacial score (nSPS) is 22.7. The van der Waals surface area contributed by atoms with Crippen LogP contribution in [0.4, 0.5) is 8.78 Å². The Morgan fingerprint density at radius 3 is 2.48 bits per heavy atom. The van der Waals surface area contributed by atoms with Crippen molar-refractivity contribution < 1.29 is 13.6 Å². The number of likely N-dealkylation sites (tertiary alicyclic amines) is 1. The maximum absolute atomic E-state index is 13.5. The van der Waals surface area contributed by atoms with Gasteiger partial charge >= 0.3 is 0 Å². The van der Waals surface area contributed by atoms with Gasteiger partial charge in [0.1, 0.15) is 11.6 Å². The van der Waals surface area contributed by atoms with Crippen molar-refractivity contribution in [1.82, 2.24) is 9.91 Å². The molecule has 1 saturated heterocycles. The van der Waals surface area contributed by atoms with Gasteiger partial charge in [0.25, 0.3) is 0 Å². The van der Waals surface area contributed by atoms with Crippen LogP contribution in [0.15, 0.2) is 23.3 Å². The molecule has 3 rings (SSSR count). The van der Waals surface area contributed by atoms with Gasteiger partial charge in [-0.05, 0) is 50.2 Å². The number of nitrogens with zero attached hydrogens (tertiary/aromatic N) is 3. The summed E-state index contributed by atoms with van der Waals surface area (Å²) >= 11 is 0. The lowest BCUT2D eigenvalue weighted by atomic mass is 9.94. The average Bonchev–Trinajstić information content (AvgIpc) is 3.03. The number of rotatable bonds is 3. The lowest BCUT2D eigenvalue weighted by molar-refractivity contribution is -0.139. The summed E-state index contributed by atoms with van der Waals surface area (Å²) in [5.74, 6) is -1.36. The van der Waals surface area contributed by atoms with E-state index in [0.717, 1.165) is 38.5 Å². The van der Waals surface area contributed by atoms with Crippen molar-refractivity contribution in [3.63, 3.8) is 0 Å². The summed E-state index contributed by atoms with van der Waals surface area (Å²) in [4.78, 5) is 15.1. The molecule has 0 saturated carbocycles. The third-order valence-corrected chi connectivity index (χ3v) is 4.71.